The third-order valence-electron chi connectivity index (χ3n) is 2.72. The van der Waals surface area contributed by atoms with E-state index in [9.17, 15) is 19.2 Å². The summed E-state index contributed by atoms with van der Waals surface area (Å²) >= 11 is 0. The van der Waals surface area contributed by atoms with Gasteiger partial charge in [-0.3, -0.25) is 0 Å². The van der Waals surface area contributed by atoms with Gasteiger partial charge in [0.15, 0.2) is 0 Å². The van der Waals surface area contributed by atoms with Crippen molar-refractivity contribution < 1.29 is 165 Å². The van der Waals surface area contributed by atoms with E-state index in [1.165, 1.54) is 0 Å². The van der Waals surface area contributed by atoms with Crippen LogP contribution >= 0.6 is 0 Å². The Morgan fingerprint density at radius 1 is 0.312 bits per heavy atom. The molecule has 0 saturated carbocycles. The molecule has 0 spiro atoms. The largest absolute Gasteiger partial charge is 2.00 e. The summed E-state index contributed by atoms with van der Waals surface area (Å²) in [5, 5.41) is 81.8. The minimum Gasteiger partial charge on any atom is -0.667 e. The van der Waals surface area contributed by atoms with Gasteiger partial charge >= 0.3 is 42.1 Å². The molecule has 0 aliphatic heterocycles. The van der Waals surface area contributed by atoms with Crippen LogP contribution in [0.3, 0.4) is 0 Å². The third-order valence-corrected chi connectivity index (χ3v) is 2.72. The molecule has 0 radical (unpaired) electrons. The molecule has 40 nitrogen and oxygen atoms in total. The molecule has 0 aromatic heterocycles. The first-order valence-electron chi connectivity index (χ1n) is 12.2. The van der Waals surface area contributed by atoms with E-state index in [2.05, 4.69) is 0 Å². The van der Waals surface area contributed by atoms with Crippen molar-refractivity contribution >= 4 is 23.6 Å². The molecule has 34 N–H and O–H groups in total. The van der Waals surface area contributed by atoms with Gasteiger partial charge in [-0.15, -0.1) is 60.7 Å². The van der Waals surface area contributed by atoms with Crippen LogP contribution < -0.4 is 49.2 Å². The summed E-state index contributed by atoms with van der Waals surface area (Å²) in [5.41, 5.74) is 24.5. The van der Waals surface area contributed by atoms with Crippen LogP contribution in [0, 0.1) is 82.3 Å². The van der Waals surface area contributed by atoms with Crippen molar-refractivity contribution in [3.63, 3.8) is 0 Å². The van der Waals surface area contributed by atoms with Crippen LogP contribution in [0.25, 0.3) is 22.9 Å². The van der Waals surface area contributed by atoms with Crippen LogP contribution in [-0.2, 0) is 103 Å². The molecule has 0 saturated heterocycles. The van der Waals surface area contributed by atoms with Gasteiger partial charge in [-0.2, -0.15) is 0 Å². The molecule has 0 unspecified atom stereocenters. The summed E-state index contributed by atoms with van der Waals surface area (Å²) in [7, 11) is 0. The molecule has 4 amide bonds. The zero-order valence-corrected chi connectivity index (χ0v) is 45.9. The van der Waals surface area contributed by atoms with E-state index in [0.717, 1.165) is 0 Å². The van der Waals surface area contributed by atoms with Crippen LogP contribution in [0.4, 0.5) is 0 Å². The number of carbonyl (C=O) groups excluding carboxylic acids is 4. The Labute approximate surface area is 424 Å². The number of rotatable bonds is 0. The van der Waals surface area contributed by atoms with Gasteiger partial charge in [0.2, 0.25) is 0 Å². The maximum absolute atomic E-state index is 10.1. The van der Waals surface area contributed by atoms with Crippen molar-refractivity contribution in [2.75, 3.05) is 0 Å². The van der Waals surface area contributed by atoms with E-state index in [-0.39, 0.29) is 133 Å². The second-order valence-corrected chi connectivity index (χ2v) is 11.7. The summed E-state index contributed by atoms with van der Waals surface area (Å²) in [4.78, 5) is 90.7. The molecule has 44 heteroatoms. The summed E-state index contributed by atoms with van der Waals surface area (Å²) in [6, 6.07) is 0. The van der Waals surface area contributed by atoms with E-state index in [1.54, 1.807) is 83.1 Å². The van der Waals surface area contributed by atoms with Crippen LogP contribution in [-0.4, -0.2) is 85.4 Å². The Kier molecular flexibility index (Phi) is 179. The molecule has 0 bridgehead atoms. The summed E-state index contributed by atoms with van der Waals surface area (Å²) in [6.45, 7) is 20.7. The third kappa shape index (κ3) is 482. The van der Waals surface area contributed by atoms with Crippen molar-refractivity contribution in [3.8, 4) is 0 Å². The molecule has 64 heavy (non-hydrogen) atoms. The van der Waals surface area contributed by atoms with Crippen LogP contribution in [0.5, 0.6) is 0 Å². The van der Waals surface area contributed by atoms with Crippen LogP contribution in [0.1, 0.15) is 83.1 Å². The van der Waals surface area contributed by atoms with Gasteiger partial charge in [0.25, 0.3) is 30.5 Å². The van der Waals surface area contributed by atoms with E-state index in [0.29, 0.717) is 0 Å². The molecule has 412 valence electrons. The molecular weight excluding hydrogens is 1620 g/mol. The van der Waals surface area contributed by atoms with Crippen molar-refractivity contribution in [1.29, 1.82) is 0 Å². The molecular formula is C20H70N18O22Pt4. The Balaban J connectivity index is -0.0000000151. The number of amides is 4. The van der Waals surface area contributed by atoms with Crippen molar-refractivity contribution in [2.45, 2.75) is 83.1 Å². The van der Waals surface area contributed by atoms with Crippen molar-refractivity contribution in [3.05, 3.63) is 83.6 Å². The Hall–Kier alpha value is -4.49. The first-order chi connectivity index (χ1) is 22.2. The number of carbonyl (C=O) groups is 4. The molecule has 0 aromatic carbocycles. The Morgan fingerprint density at radius 2 is 0.328 bits per heavy atom. The number of nitrogens with zero attached hydrogens (tertiary/aromatic N) is 6. The van der Waals surface area contributed by atoms with E-state index in [1.807, 2.05) is 0 Å². The normalized spacial score (nSPS) is 7.19. The predicted molar refractivity (Wildman–Crippen MR) is 208 cm³/mol. The SMILES string of the molecule is CC(C)(C)C([NH-])=O.CC(C)(C)C([NH-])=O.CC(C)(C)C([NH-])=O.CC(C)(C)C([NH-])=O.N.N.N.N.N.N.N.N.O=[N+]([O-])O.O=[N+]([O-])O.O=[N+]([O-])O.O=[N+]([O-])O.O=[N+]([O-])O.O=[N+]([O-])O.[Pt+2].[Pt+2].[Pt].[Pt]. The zero-order chi connectivity index (χ0) is 45.8. The van der Waals surface area contributed by atoms with E-state index < -0.39 is 75.8 Å². The van der Waals surface area contributed by atoms with E-state index >= 15 is 0 Å². The monoisotopic (exact) mass is 1690 g/mol. The Morgan fingerprint density at radius 3 is 0.328 bits per heavy atom. The number of nitrogens with one attached hydrogen (secondary N) is 4. The summed E-state index contributed by atoms with van der Waals surface area (Å²) in [6.07, 6.45) is 0. The minimum atomic E-state index is -1.50. The molecule has 0 aliphatic carbocycles. The number of hydrogen-bond acceptors (Lipinski definition) is 24. The molecule has 0 aliphatic rings. The van der Waals surface area contributed by atoms with Crippen LogP contribution in [0.15, 0.2) is 0 Å². The van der Waals surface area contributed by atoms with Crippen molar-refractivity contribution in [1.82, 2.24) is 49.2 Å². The van der Waals surface area contributed by atoms with Gasteiger partial charge < -0.3 is 123 Å². The second-order valence-electron chi connectivity index (χ2n) is 11.7. The smallest absolute Gasteiger partial charge is 0.667 e. The molecule has 0 atom stereocenters. The van der Waals surface area contributed by atoms with Crippen molar-refractivity contribution in [2.24, 2.45) is 21.7 Å². The van der Waals surface area contributed by atoms with Gasteiger partial charge in [-0.1, -0.05) is 83.1 Å². The quantitative estimate of drug-likeness (QED) is 0.103. The average molecular weight is 1700 g/mol. The fraction of sp³-hybridized carbons (Fsp3) is 0.800. The first kappa shape index (κ1) is 145. The zero-order valence-electron chi connectivity index (χ0n) is 36.8. The van der Waals surface area contributed by atoms with Gasteiger partial charge in [-0.25, -0.2) is 0 Å². The Bertz CT molecular complexity index is 899. The van der Waals surface area contributed by atoms with Crippen LogP contribution in [0.2, 0.25) is 0 Å². The number of hydrogen-bond donors (Lipinski definition) is 14. The molecule has 0 fully saturated rings. The second kappa shape index (κ2) is 78.9. The van der Waals surface area contributed by atoms with Gasteiger partial charge in [-0.05, 0) is 0 Å². The summed E-state index contributed by atoms with van der Waals surface area (Å²) in [5.74, 6) is -2.03. The van der Waals surface area contributed by atoms with Gasteiger partial charge in [0.1, 0.15) is 0 Å². The van der Waals surface area contributed by atoms with Gasteiger partial charge in [0.05, 0.1) is 23.6 Å². The maximum atomic E-state index is 10.1. The van der Waals surface area contributed by atoms with E-state index in [4.69, 9.17) is 115 Å². The molecule has 0 aromatic rings. The maximum Gasteiger partial charge on any atom is 2.00 e. The molecule has 0 heterocycles. The minimum absolute atomic E-state index is 0. The summed E-state index contributed by atoms with van der Waals surface area (Å²) < 4.78 is 0. The average Bonchev–Trinajstić information content (AvgIpc) is 2.75. The first-order valence-corrected chi connectivity index (χ1v) is 12.2. The fourth-order valence-electron chi connectivity index (χ4n) is 0. The fourth-order valence-corrected chi connectivity index (χ4v) is 0. The van der Waals surface area contributed by atoms with Gasteiger partial charge in [0, 0.05) is 63.8 Å². The standard InChI is InChI=1S/4C5H11NO.6HNO3.8H3N.4Pt/c4*1-5(2,3)4(6)7;6*2-1(3)4;;;;;;;;;;;;/h4*1-3H3,(H2,6,7);6*(H,2,3,4);8*1H3;;;;/q;;;;;;;;;;;;;;;;;;;;2*+2/p-4. The predicted octanol–water partition coefficient (Wildman–Crippen LogP) is 5.65. The molecule has 0 rings (SSSR count). The topological polar surface area (TPSA) is 824 Å².